The molecule has 0 aliphatic rings. The molecule has 0 atom stereocenters. The van der Waals surface area contributed by atoms with E-state index in [1.807, 2.05) is 43.4 Å². The second-order valence-electron chi connectivity index (χ2n) is 5.07. The van der Waals surface area contributed by atoms with Crippen LogP contribution in [0.15, 0.2) is 48.5 Å². The molecule has 0 aliphatic heterocycles. The van der Waals surface area contributed by atoms with Crippen molar-refractivity contribution in [3.63, 3.8) is 0 Å². The number of benzene rings is 2. The lowest BCUT2D eigenvalue weighted by Gasteiger charge is -2.17. The minimum absolute atomic E-state index is 0.155. The summed E-state index contributed by atoms with van der Waals surface area (Å²) in [6, 6.07) is 14.3. The van der Waals surface area contributed by atoms with E-state index in [9.17, 15) is 4.39 Å². The van der Waals surface area contributed by atoms with E-state index in [4.69, 9.17) is 10.5 Å². The van der Waals surface area contributed by atoms with Crippen LogP contribution in [0, 0.1) is 5.82 Å². The smallest absolute Gasteiger partial charge is 0.142 e. The number of ether oxygens (including phenoxy) is 1. The van der Waals surface area contributed by atoms with E-state index in [2.05, 4.69) is 4.90 Å². The van der Waals surface area contributed by atoms with Gasteiger partial charge in [-0.15, -0.1) is 0 Å². The third kappa shape index (κ3) is 4.76. The molecular weight excluding hydrogens is 267 g/mol. The quantitative estimate of drug-likeness (QED) is 0.627. The number of anilines is 1. The zero-order valence-corrected chi connectivity index (χ0v) is 12.3. The Morgan fingerprint density at radius 1 is 1.10 bits per heavy atom. The molecule has 0 heterocycles. The van der Waals surface area contributed by atoms with Crippen molar-refractivity contribution in [3.05, 3.63) is 59.9 Å². The maximum atomic E-state index is 13.5. The van der Waals surface area contributed by atoms with Gasteiger partial charge in [-0.3, -0.25) is 0 Å². The van der Waals surface area contributed by atoms with E-state index >= 15 is 0 Å². The van der Waals surface area contributed by atoms with Crippen molar-refractivity contribution in [2.75, 3.05) is 25.9 Å². The molecule has 0 amide bonds. The molecule has 4 heteroatoms. The summed E-state index contributed by atoms with van der Waals surface area (Å²) in [6.07, 6.45) is 0.860. The number of para-hydroxylation sites is 2. The SMILES string of the molecule is CN(CCCOc1ccccc1N)Cc1ccccc1F. The van der Waals surface area contributed by atoms with Crippen LogP contribution in [-0.4, -0.2) is 25.1 Å². The number of rotatable bonds is 7. The molecule has 0 spiro atoms. The molecule has 2 aromatic rings. The monoisotopic (exact) mass is 288 g/mol. The van der Waals surface area contributed by atoms with E-state index in [1.54, 1.807) is 6.07 Å². The fourth-order valence-corrected chi connectivity index (χ4v) is 2.13. The first-order valence-corrected chi connectivity index (χ1v) is 7.06. The summed E-state index contributed by atoms with van der Waals surface area (Å²) in [6.45, 7) is 2.02. The molecule has 112 valence electrons. The van der Waals surface area contributed by atoms with Gasteiger partial charge >= 0.3 is 0 Å². The molecule has 0 saturated carbocycles. The molecule has 21 heavy (non-hydrogen) atoms. The van der Waals surface area contributed by atoms with E-state index in [-0.39, 0.29) is 5.82 Å². The second-order valence-corrected chi connectivity index (χ2v) is 5.07. The first-order valence-electron chi connectivity index (χ1n) is 7.06. The minimum atomic E-state index is -0.155. The molecule has 0 fully saturated rings. The highest BCUT2D eigenvalue weighted by Gasteiger charge is 2.05. The van der Waals surface area contributed by atoms with Gasteiger partial charge in [-0.2, -0.15) is 0 Å². The van der Waals surface area contributed by atoms with Crippen LogP contribution in [0.2, 0.25) is 0 Å². The summed E-state index contributed by atoms with van der Waals surface area (Å²) >= 11 is 0. The predicted octanol–water partition coefficient (Wildman–Crippen LogP) is 3.31. The Hall–Kier alpha value is -2.07. The summed E-state index contributed by atoms with van der Waals surface area (Å²) in [7, 11) is 1.98. The number of halogens is 1. The van der Waals surface area contributed by atoms with Crippen molar-refractivity contribution in [1.29, 1.82) is 0 Å². The molecule has 0 radical (unpaired) electrons. The standard InChI is InChI=1S/C17H21FN2O/c1-20(13-14-7-2-3-8-15(14)18)11-6-12-21-17-10-5-4-9-16(17)19/h2-5,7-10H,6,11-13,19H2,1H3. The fourth-order valence-electron chi connectivity index (χ4n) is 2.13. The van der Waals surface area contributed by atoms with Gasteiger partial charge in [-0.25, -0.2) is 4.39 Å². The number of hydrogen-bond acceptors (Lipinski definition) is 3. The average Bonchev–Trinajstić information content (AvgIpc) is 2.48. The van der Waals surface area contributed by atoms with Crippen molar-refractivity contribution in [2.24, 2.45) is 0 Å². The van der Waals surface area contributed by atoms with Gasteiger partial charge in [-0.1, -0.05) is 30.3 Å². The second kappa shape index (κ2) is 7.64. The van der Waals surface area contributed by atoms with Gasteiger partial charge in [-0.05, 0) is 31.7 Å². The normalized spacial score (nSPS) is 10.8. The molecule has 0 aliphatic carbocycles. The van der Waals surface area contributed by atoms with Gasteiger partial charge in [0.25, 0.3) is 0 Å². The molecule has 0 aromatic heterocycles. The van der Waals surface area contributed by atoms with Gasteiger partial charge < -0.3 is 15.4 Å². The Labute approximate surface area is 125 Å². The van der Waals surface area contributed by atoms with E-state index in [0.29, 0.717) is 30.2 Å². The lowest BCUT2D eigenvalue weighted by atomic mass is 10.2. The minimum Gasteiger partial charge on any atom is -0.491 e. The van der Waals surface area contributed by atoms with Crippen LogP contribution >= 0.6 is 0 Å². The van der Waals surface area contributed by atoms with Gasteiger partial charge in [0.1, 0.15) is 11.6 Å². The third-order valence-electron chi connectivity index (χ3n) is 3.26. The summed E-state index contributed by atoms with van der Waals surface area (Å²) in [5.74, 6) is 0.562. The fraction of sp³-hybridized carbons (Fsp3) is 0.294. The molecular formula is C17H21FN2O. The van der Waals surface area contributed by atoms with Crippen molar-refractivity contribution in [2.45, 2.75) is 13.0 Å². The number of nitrogens with zero attached hydrogens (tertiary/aromatic N) is 1. The van der Waals surface area contributed by atoms with Gasteiger partial charge in [0.15, 0.2) is 0 Å². The maximum absolute atomic E-state index is 13.5. The van der Waals surface area contributed by atoms with Crippen LogP contribution in [0.5, 0.6) is 5.75 Å². The largest absolute Gasteiger partial charge is 0.491 e. The Morgan fingerprint density at radius 3 is 2.57 bits per heavy atom. The average molecular weight is 288 g/mol. The summed E-state index contributed by atoms with van der Waals surface area (Å²) in [5, 5.41) is 0. The van der Waals surface area contributed by atoms with Crippen LogP contribution in [0.4, 0.5) is 10.1 Å². The highest BCUT2D eigenvalue weighted by molar-refractivity contribution is 5.51. The molecule has 2 N–H and O–H groups in total. The molecule has 0 saturated heterocycles. The van der Waals surface area contributed by atoms with Crippen molar-refractivity contribution in [3.8, 4) is 5.75 Å². The number of hydrogen-bond donors (Lipinski definition) is 1. The Balaban J connectivity index is 1.71. The molecule has 0 unspecified atom stereocenters. The first kappa shape index (κ1) is 15.3. The maximum Gasteiger partial charge on any atom is 0.142 e. The Kier molecular flexibility index (Phi) is 5.58. The molecule has 3 nitrogen and oxygen atoms in total. The van der Waals surface area contributed by atoms with Crippen molar-refractivity contribution in [1.82, 2.24) is 4.90 Å². The predicted molar refractivity (Wildman–Crippen MR) is 83.7 cm³/mol. The van der Waals surface area contributed by atoms with E-state index < -0.39 is 0 Å². The number of nitrogens with two attached hydrogens (primary N) is 1. The van der Waals surface area contributed by atoms with Crippen LogP contribution in [0.1, 0.15) is 12.0 Å². The summed E-state index contributed by atoms with van der Waals surface area (Å²) in [5.41, 5.74) is 7.17. The lowest BCUT2D eigenvalue weighted by molar-refractivity contribution is 0.258. The van der Waals surface area contributed by atoms with Crippen LogP contribution in [0.25, 0.3) is 0 Å². The van der Waals surface area contributed by atoms with Gasteiger partial charge in [0.2, 0.25) is 0 Å². The van der Waals surface area contributed by atoms with E-state index in [1.165, 1.54) is 6.07 Å². The number of nitrogen functional groups attached to an aromatic ring is 1. The molecule has 2 aromatic carbocycles. The van der Waals surface area contributed by atoms with Crippen molar-refractivity contribution >= 4 is 5.69 Å². The Morgan fingerprint density at radius 2 is 1.81 bits per heavy atom. The summed E-state index contributed by atoms with van der Waals surface area (Å²) < 4.78 is 19.2. The van der Waals surface area contributed by atoms with Gasteiger partial charge in [0.05, 0.1) is 12.3 Å². The Bertz CT molecular complexity index is 574. The van der Waals surface area contributed by atoms with Crippen molar-refractivity contribution < 1.29 is 9.13 Å². The highest BCUT2D eigenvalue weighted by Crippen LogP contribution is 2.19. The first-order chi connectivity index (χ1) is 10.2. The van der Waals surface area contributed by atoms with E-state index in [0.717, 1.165) is 13.0 Å². The van der Waals surface area contributed by atoms with Crippen LogP contribution < -0.4 is 10.5 Å². The van der Waals surface area contributed by atoms with Crippen LogP contribution in [0.3, 0.4) is 0 Å². The molecule has 0 bridgehead atoms. The zero-order chi connectivity index (χ0) is 15.1. The topological polar surface area (TPSA) is 38.5 Å². The van der Waals surface area contributed by atoms with Gasteiger partial charge in [0, 0.05) is 18.7 Å². The van der Waals surface area contributed by atoms with Crippen LogP contribution in [-0.2, 0) is 6.54 Å². The lowest BCUT2D eigenvalue weighted by Crippen LogP contribution is -2.21. The highest BCUT2D eigenvalue weighted by atomic mass is 19.1. The zero-order valence-electron chi connectivity index (χ0n) is 12.3. The molecule has 2 rings (SSSR count). The summed E-state index contributed by atoms with van der Waals surface area (Å²) in [4.78, 5) is 2.08. The third-order valence-corrected chi connectivity index (χ3v) is 3.26.